The molecule has 1 fully saturated rings. The van der Waals surface area contributed by atoms with Crippen molar-refractivity contribution in [3.05, 3.63) is 33.8 Å². The molecule has 80 valence electrons. The number of amides is 1. The molecule has 1 aromatic rings. The van der Waals surface area contributed by atoms with Crippen LogP contribution in [0.1, 0.15) is 24.3 Å². The Morgan fingerprint density at radius 2 is 1.87 bits per heavy atom. The van der Waals surface area contributed by atoms with Crippen molar-refractivity contribution in [1.82, 2.24) is 5.32 Å². The number of halogens is 2. The van der Waals surface area contributed by atoms with Gasteiger partial charge in [0.2, 0.25) is 5.91 Å². The third-order valence-corrected chi connectivity index (χ3v) is 3.04. The summed E-state index contributed by atoms with van der Waals surface area (Å²) < 4.78 is 0. The molecule has 1 atom stereocenters. The van der Waals surface area contributed by atoms with E-state index in [4.69, 9.17) is 23.2 Å². The molecule has 0 saturated carbocycles. The van der Waals surface area contributed by atoms with Crippen molar-refractivity contribution in [1.29, 1.82) is 0 Å². The number of piperidine rings is 1. The Labute approximate surface area is 98.6 Å². The first-order chi connectivity index (χ1) is 7.15. The van der Waals surface area contributed by atoms with Gasteiger partial charge in [-0.3, -0.25) is 4.79 Å². The van der Waals surface area contributed by atoms with E-state index < -0.39 is 0 Å². The van der Waals surface area contributed by atoms with E-state index in [1.807, 2.05) is 12.1 Å². The Morgan fingerprint density at radius 1 is 1.20 bits per heavy atom. The Bertz CT molecular complexity index is 372. The van der Waals surface area contributed by atoms with Crippen molar-refractivity contribution < 1.29 is 4.79 Å². The molecule has 0 radical (unpaired) electrons. The largest absolute Gasteiger partial charge is 0.356 e. The van der Waals surface area contributed by atoms with E-state index >= 15 is 0 Å². The van der Waals surface area contributed by atoms with Crippen LogP contribution < -0.4 is 5.32 Å². The van der Waals surface area contributed by atoms with Gasteiger partial charge in [0.05, 0.1) is 0 Å². The molecule has 1 aliphatic rings. The summed E-state index contributed by atoms with van der Waals surface area (Å²) in [6, 6.07) is 5.48. The molecule has 0 aromatic heterocycles. The van der Waals surface area contributed by atoms with Crippen molar-refractivity contribution in [3.8, 4) is 0 Å². The first-order valence-electron chi connectivity index (χ1n) is 4.88. The Morgan fingerprint density at radius 3 is 2.47 bits per heavy atom. The van der Waals surface area contributed by atoms with Crippen LogP contribution in [0.15, 0.2) is 18.2 Å². The minimum absolute atomic E-state index is 0.0994. The van der Waals surface area contributed by atoms with Crippen LogP contribution in [0.5, 0.6) is 0 Å². The highest BCUT2D eigenvalue weighted by Crippen LogP contribution is 2.30. The fraction of sp³-hybridized carbons (Fsp3) is 0.364. The molecule has 15 heavy (non-hydrogen) atoms. The zero-order chi connectivity index (χ0) is 10.8. The molecule has 2 nitrogen and oxygen atoms in total. The maximum absolute atomic E-state index is 11.2. The Kier molecular flexibility index (Phi) is 3.17. The number of hydrogen-bond donors (Lipinski definition) is 1. The van der Waals surface area contributed by atoms with Crippen molar-refractivity contribution >= 4 is 29.1 Å². The smallest absolute Gasteiger partial charge is 0.220 e. The Hall–Kier alpha value is -0.730. The van der Waals surface area contributed by atoms with Gasteiger partial charge in [0.15, 0.2) is 0 Å². The van der Waals surface area contributed by atoms with Gasteiger partial charge in [0, 0.05) is 23.0 Å². The van der Waals surface area contributed by atoms with Crippen LogP contribution in [0.3, 0.4) is 0 Å². The average molecular weight is 244 g/mol. The normalized spacial score (nSPS) is 21.2. The van der Waals surface area contributed by atoms with Gasteiger partial charge in [-0.2, -0.15) is 0 Å². The minimum atomic E-state index is 0.0994. The second-order valence-corrected chi connectivity index (χ2v) is 4.62. The summed E-state index contributed by atoms with van der Waals surface area (Å²) in [5.74, 6) is 0.345. The highest BCUT2D eigenvalue weighted by Gasteiger charge is 2.20. The van der Waals surface area contributed by atoms with E-state index in [-0.39, 0.29) is 11.8 Å². The van der Waals surface area contributed by atoms with Crippen molar-refractivity contribution in [3.63, 3.8) is 0 Å². The molecule has 1 saturated heterocycles. The molecule has 1 amide bonds. The summed E-state index contributed by atoms with van der Waals surface area (Å²) in [4.78, 5) is 11.2. The summed E-state index contributed by atoms with van der Waals surface area (Å²) >= 11 is 11.8. The number of carbonyl (C=O) groups is 1. The van der Waals surface area contributed by atoms with Gasteiger partial charge in [-0.05, 0) is 36.1 Å². The maximum atomic E-state index is 11.2. The average Bonchev–Trinajstić information content (AvgIpc) is 2.16. The van der Waals surface area contributed by atoms with E-state index in [0.717, 1.165) is 18.5 Å². The topological polar surface area (TPSA) is 29.1 Å². The number of benzene rings is 1. The molecular weight excluding hydrogens is 233 g/mol. The fourth-order valence-corrected chi connectivity index (χ4v) is 2.42. The third-order valence-electron chi connectivity index (χ3n) is 2.60. The van der Waals surface area contributed by atoms with Crippen molar-refractivity contribution in [2.45, 2.75) is 18.8 Å². The summed E-state index contributed by atoms with van der Waals surface area (Å²) in [5, 5.41) is 4.06. The van der Waals surface area contributed by atoms with E-state index in [0.29, 0.717) is 16.5 Å². The van der Waals surface area contributed by atoms with Gasteiger partial charge < -0.3 is 5.32 Å². The predicted octanol–water partition coefficient (Wildman–Crippen LogP) is 2.99. The number of nitrogens with one attached hydrogen (secondary N) is 1. The monoisotopic (exact) mass is 243 g/mol. The highest BCUT2D eigenvalue weighted by atomic mass is 35.5. The summed E-state index contributed by atoms with van der Waals surface area (Å²) in [6.07, 6.45) is 1.47. The molecule has 0 bridgehead atoms. The van der Waals surface area contributed by atoms with Crippen LogP contribution in [0.25, 0.3) is 0 Å². The minimum Gasteiger partial charge on any atom is -0.356 e. The molecule has 1 N–H and O–H groups in total. The summed E-state index contributed by atoms with van der Waals surface area (Å²) in [5.41, 5.74) is 1.06. The van der Waals surface area contributed by atoms with E-state index in [9.17, 15) is 4.79 Å². The second-order valence-electron chi connectivity index (χ2n) is 3.74. The van der Waals surface area contributed by atoms with Crippen molar-refractivity contribution in [2.75, 3.05) is 6.54 Å². The zero-order valence-corrected chi connectivity index (χ0v) is 9.61. The molecular formula is C11H11Cl2NO. The highest BCUT2D eigenvalue weighted by molar-refractivity contribution is 6.34. The maximum Gasteiger partial charge on any atom is 0.220 e. The van der Waals surface area contributed by atoms with Crippen LogP contribution in [0.4, 0.5) is 0 Å². The molecule has 2 rings (SSSR count). The third kappa shape index (κ3) is 2.64. The second kappa shape index (κ2) is 4.42. The molecule has 1 aliphatic heterocycles. The van der Waals surface area contributed by atoms with E-state index in [1.165, 1.54) is 0 Å². The summed E-state index contributed by atoms with van der Waals surface area (Å²) in [6.45, 7) is 0.730. The lowest BCUT2D eigenvalue weighted by Gasteiger charge is -2.22. The van der Waals surface area contributed by atoms with E-state index in [1.54, 1.807) is 6.07 Å². The zero-order valence-electron chi connectivity index (χ0n) is 8.09. The van der Waals surface area contributed by atoms with E-state index in [2.05, 4.69) is 5.32 Å². The molecule has 0 spiro atoms. The molecule has 4 heteroatoms. The first-order valence-corrected chi connectivity index (χ1v) is 5.63. The van der Waals surface area contributed by atoms with Crippen LogP contribution in [0.2, 0.25) is 10.0 Å². The number of rotatable bonds is 1. The Balaban J connectivity index is 2.24. The lowest BCUT2D eigenvalue weighted by molar-refractivity contribution is -0.122. The molecule has 0 aliphatic carbocycles. The standard InChI is InChI=1S/C11H11Cl2NO/c12-9-3-8(4-10(13)6-9)7-1-2-14-11(15)5-7/h3-4,6-7H,1-2,5H2,(H,14,15). The lowest BCUT2D eigenvalue weighted by atomic mass is 9.90. The van der Waals surface area contributed by atoms with Gasteiger partial charge in [0.25, 0.3) is 0 Å². The van der Waals surface area contributed by atoms with Gasteiger partial charge in [-0.15, -0.1) is 0 Å². The van der Waals surface area contributed by atoms with Crippen LogP contribution in [0, 0.1) is 0 Å². The SMILES string of the molecule is O=C1CC(c2cc(Cl)cc(Cl)c2)CCN1. The molecule has 1 heterocycles. The van der Waals surface area contributed by atoms with Gasteiger partial charge >= 0.3 is 0 Å². The van der Waals surface area contributed by atoms with Gasteiger partial charge in [-0.1, -0.05) is 23.2 Å². The molecule has 1 aromatic carbocycles. The van der Waals surface area contributed by atoms with Gasteiger partial charge in [-0.25, -0.2) is 0 Å². The van der Waals surface area contributed by atoms with Crippen LogP contribution in [-0.4, -0.2) is 12.5 Å². The number of hydrogen-bond acceptors (Lipinski definition) is 1. The van der Waals surface area contributed by atoms with Crippen molar-refractivity contribution in [2.24, 2.45) is 0 Å². The predicted molar refractivity (Wildman–Crippen MR) is 61.4 cm³/mol. The lowest BCUT2D eigenvalue weighted by Crippen LogP contribution is -2.32. The van der Waals surface area contributed by atoms with Crippen LogP contribution >= 0.6 is 23.2 Å². The first kappa shape index (κ1) is 10.8. The number of carbonyl (C=O) groups excluding carboxylic acids is 1. The van der Waals surface area contributed by atoms with Gasteiger partial charge in [0.1, 0.15) is 0 Å². The quantitative estimate of drug-likeness (QED) is 0.808. The summed E-state index contributed by atoms with van der Waals surface area (Å²) in [7, 11) is 0. The fourth-order valence-electron chi connectivity index (χ4n) is 1.88. The molecule has 1 unspecified atom stereocenters. The van der Waals surface area contributed by atoms with Crippen LogP contribution in [-0.2, 0) is 4.79 Å².